The molecule has 0 amide bonds. The first-order valence-electron chi connectivity index (χ1n) is 4.68. The largest absolute Gasteiger partial charge is 0.361 e. The number of hydrogen-bond donors (Lipinski definition) is 1. The van der Waals surface area contributed by atoms with Crippen LogP contribution in [0.2, 0.25) is 0 Å². The zero-order valence-corrected chi connectivity index (χ0v) is 6.91. The van der Waals surface area contributed by atoms with Gasteiger partial charge in [-0.15, -0.1) is 0 Å². The molecule has 13 heavy (non-hydrogen) atoms. The summed E-state index contributed by atoms with van der Waals surface area (Å²) in [6, 6.07) is 9.68. The van der Waals surface area contributed by atoms with E-state index < -0.39 is 0 Å². The molecule has 0 aliphatic carbocycles. The second kappa shape index (κ2) is 2.33. The molecule has 3 aromatic rings. The topological polar surface area (TPSA) is 28.7 Å². The maximum Gasteiger partial charge on any atom is 0.0816 e. The van der Waals surface area contributed by atoms with Crippen molar-refractivity contribution >= 4 is 21.8 Å². The van der Waals surface area contributed by atoms with Crippen molar-refractivity contribution in [1.29, 1.82) is 0 Å². The number of fused-ring (bicyclic) bond motifs is 3. The van der Waals surface area contributed by atoms with Gasteiger partial charge in [0.2, 0.25) is 0 Å². The molecular weight excluding hydrogens is 160 g/mol. The maximum atomic E-state index is 7.53. The zero-order valence-electron chi connectivity index (χ0n) is 7.91. The Balaban J connectivity index is 2.60. The molecule has 2 aromatic heterocycles. The number of nitrogens with one attached hydrogen (secondary N) is 1. The number of pyridine rings is 1. The Kier molecular flexibility index (Phi) is 1.03. The lowest BCUT2D eigenvalue weighted by Gasteiger charge is -1.97. The monoisotopic (exact) mass is 169 g/mol. The van der Waals surface area contributed by atoms with Gasteiger partial charge in [0.25, 0.3) is 0 Å². The molecule has 0 radical (unpaired) electrons. The molecule has 1 N–H and O–H groups in total. The molecule has 0 fully saturated rings. The van der Waals surface area contributed by atoms with Crippen molar-refractivity contribution in [3.05, 3.63) is 42.7 Å². The summed E-state index contributed by atoms with van der Waals surface area (Å²) in [5.41, 5.74) is 1.96. The summed E-state index contributed by atoms with van der Waals surface area (Å²) in [6.45, 7) is 0. The van der Waals surface area contributed by atoms with Crippen molar-refractivity contribution in [2.45, 2.75) is 0 Å². The third-order valence-electron chi connectivity index (χ3n) is 2.25. The van der Waals surface area contributed by atoms with Crippen LogP contribution in [0.1, 0.15) is 1.37 Å². The molecular formula is C11H8N2. The van der Waals surface area contributed by atoms with Gasteiger partial charge in [-0.05, 0) is 23.6 Å². The smallest absolute Gasteiger partial charge is 0.0816 e. The first-order chi connectivity index (χ1) is 6.84. The number of hydrogen-bond acceptors (Lipinski definition) is 1. The molecule has 3 rings (SSSR count). The van der Waals surface area contributed by atoms with Gasteiger partial charge in [0.15, 0.2) is 0 Å². The van der Waals surface area contributed by atoms with Crippen molar-refractivity contribution < 1.29 is 1.37 Å². The average molecular weight is 169 g/mol. The van der Waals surface area contributed by atoms with Gasteiger partial charge in [-0.3, -0.25) is 4.98 Å². The molecule has 2 heteroatoms. The summed E-state index contributed by atoms with van der Waals surface area (Å²) in [5, 5.41) is 2.19. The summed E-state index contributed by atoms with van der Waals surface area (Å²) in [7, 11) is 0. The summed E-state index contributed by atoms with van der Waals surface area (Å²) >= 11 is 0. The van der Waals surface area contributed by atoms with Crippen LogP contribution in [0.3, 0.4) is 0 Å². The van der Waals surface area contributed by atoms with Gasteiger partial charge in [-0.2, -0.15) is 0 Å². The highest BCUT2D eigenvalue weighted by Gasteiger charge is 1.99. The third-order valence-corrected chi connectivity index (χ3v) is 2.25. The van der Waals surface area contributed by atoms with Gasteiger partial charge >= 0.3 is 0 Å². The van der Waals surface area contributed by atoms with E-state index in [1.807, 2.05) is 24.3 Å². The van der Waals surface area contributed by atoms with Gasteiger partial charge in [0.1, 0.15) is 0 Å². The Morgan fingerprint density at radius 1 is 1.23 bits per heavy atom. The normalized spacial score (nSPS) is 12.2. The van der Waals surface area contributed by atoms with E-state index >= 15 is 0 Å². The predicted molar refractivity (Wildman–Crippen MR) is 53.6 cm³/mol. The van der Waals surface area contributed by atoms with Crippen molar-refractivity contribution in [2.24, 2.45) is 0 Å². The van der Waals surface area contributed by atoms with Gasteiger partial charge < -0.3 is 4.98 Å². The number of aromatic nitrogens is 2. The lowest BCUT2D eigenvalue weighted by atomic mass is 10.1. The van der Waals surface area contributed by atoms with E-state index in [-0.39, 0.29) is 0 Å². The van der Waals surface area contributed by atoms with Crippen LogP contribution in [-0.4, -0.2) is 9.97 Å². The highest BCUT2D eigenvalue weighted by atomic mass is 14.7. The molecule has 2 heterocycles. The van der Waals surface area contributed by atoms with Crippen LogP contribution in [0.5, 0.6) is 0 Å². The van der Waals surface area contributed by atoms with Crippen molar-refractivity contribution in [2.75, 3.05) is 0 Å². The summed E-state index contributed by atoms with van der Waals surface area (Å²) in [5.74, 6) is 0. The second-order valence-corrected chi connectivity index (χ2v) is 3.01. The Hall–Kier alpha value is -1.83. The fourth-order valence-electron chi connectivity index (χ4n) is 1.62. The van der Waals surface area contributed by atoms with Gasteiger partial charge in [0, 0.05) is 17.8 Å². The van der Waals surface area contributed by atoms with Crippen molar-refractivity contribution in [3.8, 4) is 0 Å². The zero-order chi connectivity index (χ0) is 9.54. The Labute approximate surface area is 76.6 Å². The molecule has 62 valence electrons. The fraction of sp³-hybridized carbons (Fsp3) is 0. The minimum absolute atomic E-state index is 0.422. The second-order valence-electron chi connectivity index (χ2n) is 3.01. The van der Waals surface area contributed by atoms with Crippen LogP contribution in [0.15, 0.2) is 42.7 Å². The van der Waals surface area contributed by atoms with Crippen molar-refractivity contribution in [1.82, 2.24) is 9.97 Å². The first kappa shape index (κ1) is 5.75. The van der Waals surface area contributed by atoms with Crippen LogP contribution >= 0.6 is 0 Å². The molecule has 1 aromatic carbocycles. The Morgan fingerprint density at radius 3 is 3.23 bits per heavy atom. The Bertz CT molecular complexity index is 613. The molecule has 0 bridgehead atoms. The number of rotatable bonds is 0. The molecule has 0 saturated heterocycles. The molecule has 2 nitrogen and oxygen atoms in total. The van der Waals surface area contributed by atoms with E-state index in [2.05, 4.69) is 9.97 Å². The molecule has 0 saturated carbocycles. The summed E-state index contributed by atoms with van der Waals surface area (Å²) in [4.78, 5) is 7.26. The minimum atomic E-state index is 0.422. The van der Waals surface area contributed by atoms with Gasteiger partial charge in [-0.1, -0.05) is 12.1 Å². The molecule has 0 spiro atoms. The van der Waals surface area contributed by atoms with E-state index in [1.165, 1.54) is 0 Å². The van der Waals surface area contributed by atoms with Gasteiger partial charge in [0.05, 0.1) is 12.4 Å². The van der Waals surface area contributed by atoms with E-state index in [9.17, 15) is 0 Å². The number of H-pyrrole nitrogens is 1. The lowest BCUT2D eigenvalue weighted by molar-refractivity contribution is 1.43. The van der Waals surface area contributed by atoms with Crippen LogP contribution in [0, 0.1) is 0 Å². The standard InChI is InChI=1S/C11H8N2/c1-2-8-3-4-10-9(5-7-12-10)11(8)13-6-1/h1-7,13H/i6D. The number of benzene rings is 1. The van der Waals surface area contributed by atoms with Crippen LogP contribution in [0.4, 0.5) is 0 Å². The average Bonchev–Trinajstić information content (AvgIpc) is 2.65. The molecule has 0 aliphatic rings. The van der Waals surface area contributed by atoms with E-state index in [0.717, 1.165) is 21.8 Å². The van der Waals surface area contributed by atoms with E-state index in [1.54, 1.807) is 12.3 Å². The molecule has 0 aliphatic heterocycles. The van der Waals surface area contributed by atoms with Crippen LogP contribution < -0.4 is 0 Å². The lowest BCUT2D eigenvalue weighted by Crippen LogP contribution is -1.77. The van der Waals surface area contributed by atoms with Crippen LogP contribution in [0.25, 0.3) is 21.8 Å². The van der Waals surface area contributed by atoms with E-state index in [4.69, 9.17) is 1.37 Å². The first-order valence-corrected chi connectivity index (χ1v) is 4.18. The fourth-order valence-corrected chi connectivity index (χ4v) is 1.62. The number of aromatic amines is 1. The predicted octanol–water partition coefficient (Wildman–Crippen LogP) is 2.72. The SMILES string of the molecule is [2H]c1ccc2ccc3nccc3c2[nH]1. The van der Waals surface area contributed by atoms with Crippen molar-refractivity contribution in [3.63, 3.8) is 0 Å². The maximum absolute atomic E-state index is 7.53. The minimum Gasteiger partial charge on any atom is -0.361 e. The Morgan fingerprint density at radius 2 is 2.23 bits per heavy atom. The third kappa shape index (κ3) is 0.855. The quantitative estimate of drug-likeness (QED) is 0.550. The van der Waals surface area contributed by atoms with Crippen LogP contribution in [-0.2, 0) is 0 Å². The summed E-state index contributed by atoms with van der Waals surface area (Å²) < 4.78 is 7.53. The van der Waals surface area contributed by atoms with E-state index in [0.29, 0.717) is 6.17 Å². The molecule has 0 unspecified atom stereocenters. The number of nitrogens with zero attached hydrogens (tertiary/aromatic N) is 1. The van der Waals surface area contributed by atoms with Gasteiger partial charge in [-0.25, -0.2) is 0 Å². The highest BCUT2D eigenvalue weighted by Crippen LogP contribution is 2.21. The highest BCUT2D eigenvalue weighted by molar-refractivity contribution is 6.03. The summed E-state index contributed by atoms with van der Waals surface area (Å²) in [6.07, 6.45) is 2.21. The molecule has 0 atom stereocenters.